The molecule has 230 valence electrons. The number of allylic oxidation sites excluding steroid dienone is 3. The van der Waals surface area contributed by atoms with Gasteiger partial charge in [-0.1, -0.05) is 13.2 Å². The third-order valence-electron chi connectivity index (χ3n) is 6.29. The summed E-state index contributed by atoms with van der Waals surface area (Å²) in [7, 11) is 0. The molecule has 0 unspecified atom stereocenters. The summed E-state index contributed by atoms with van der Waals surface area (Å²) < 4.78 is 51.6. The number of hydrogen-bond acceptors (Lipinski definition) is 7. The molecule has 0 radical (unpaired) electrons. The Hall–Kier alpha value is -5.04. The van der Waals surface area contributed by atoms with Gasteiger partial charge in [0.1, 0.15) is 18.2 Å². The summed E-state index contributed by atoms with van der Waals surface area (Å²) >= 11 is 5.66. The van der Waals surface area contributed by atoms with E-state index in [9.17, 15) is 22.8 Å². The zero-order valence-electron chi connectivity index (χ0n) is 23.5. The number of H-pyrrole nitrogens is 1. The van der Waals surface area contributed by atoms with Crippen molar-refractivity contribution in [3.8, 4) is 17.3 Å². The normalized spacial score (nSPS) is 11.8. The number of alkyl halides is 3. The van der Waals surface area contributed by atoms with Crippen LogP contribution in [0, 0.1) is 6.92 Å². The van der Waals surface area contributed by atoms with Crippen LogP contribution in [-0.2, 0) is 4.79 Å². The largest absolute Gasteiger partial charge is 0.485 e. The second-order valence-corrected chi connectivity index (χ2v) is 9.76. The fourth-order valence-corrected chi connectivity index (χ4v) is 4.30. The minimum Gasteiger partial charge on any atom is -0.485 e. The molecule has 0 spiro atoms. The fourth-order valence-electron chi connectivity index (χ4n) is 4.16. The van der Waals surface area contributed by atoms with Gasteiger partial charge in [0.15, 0.2) is 11.6 Å². The number of pyridine rings is 1. The Morgan fingerprint density at radius 2 is 1.98 bits per heavy atom. The molecule has 3 heterocycles. The standard InChI is InChI=1S/C30H28ClF3N6O4/c1-4-19(32)24(5-2)44-28-9-16(3)23(14-36-28)40-30(35)18(13-37-40)29(42)22-10-17-11-25(43-15-26(33)34)21(12-20(17)38-22)39-27(41)7-6-8-31/h4-5,9-14,26,38H,1-2,6-8,15,35H2,3H3,(H,39,41)/b24-19-. The first-order chi connectivity index (χ1) is 21.1. The van der Waals surface area contributed by atoms with Crippen molar-refractivity contribution in [1.82, 2.24) is 19.7 Å². The molecule has 0 fully saturated rings. The van der Waals surface area contributed by atoms with Crippen LogP contribution >= 0.6 is 11.6 Å². The molecule has 0 aliphatic rings. The number of ether oxygens (including phenoxy) is 2. The number of carbonyl (C=O) groups excluding carboxylic acids is 2. The van der Waals surface area contributed by atoms with Crippen molar-refractivity contribution in [3.05, 3.63) is 90.4 Å². The van der Waals surface area contributed by atoms with Gasteiger partial charge in [0, 0.05) is 29.3 Å². The van der Waals surface area contributed by atoms with Crippen LogP contribution in [0.3, 0.4) is 0 Å². The predicted octanol–water partition coefficient (Wildman–Crippen LogP) is 6.40. The Balaban J connectivity index is 1.63. The number of benzene rings is 1. The number of nitrogens with two attached hydrogens (primary N) is 1. The van der Waals surface area contributed by atoms with Crippen molar-refractivity contribution in [2.75, 3.05) is 23.5 Å². The number of carbonyl (C=O) groups is 2. The molecule has 0 saturated heterocycles. The van der Waals surface area contributed by atoms with Gasteiger partial charge < -0.3 is 25.5 Å². The zero-order chi connectivity index (χ0) is 32.0. The van der Waals surface area contributed by atoms with Crippen molar-refractivity contribution >= 4 is 45.7 Å². The SMILES string of the molecule is C=C/C(F)=C(\C=C)Oc1cc(C)c(-n2ncc(C(=O)c3cc4cc(OCC(F)F)c(NC(=O)CCCCl)cc4[nH]3)c2N)cn1. The molecule has 0 atom stereocenters. The van der Waals surface area contributed by atoms with Gasteiger partial charge >= 0.3 is 0 Å². The maximum Gasteiger partial charge on any atom is 0.272 e. The van der Waals surface area contributed by atoms with Crippen LogP contribution in [0.25, 0.3) is 16.6 Å². The van der Waals surface area contributed by atoms with E-state index in [0.29, 0.717) is 28.6 Å². The highest BCUT2D eigenvalue weighted by molar-refractivity contribution is 6.18. The number of halogens is 4. The summed E-state index contributed by atoms with van der Waals surface area (Å²) in [6.45, 7) is 7.71. The van der Waals surface area contributed by atoms with Crippen LogP contribution in [0.5, 0.6) is 11.6 Å². The third-order valence-corrected chi connectivity index (χ3v) is 6.56. The number of ketones is 1. The minimum absolute atomic E-state index is 0.0145. The number of aromatic nitrogens is 4. The minimum atomic E-state index is -2.74. The smallest absolute Gasteiger partial charge is 0.272 e. The highest BCUT2D eigenvalue weighted by Crippen LogP contribution is 2.33. The lowest BCUT2D eigenvalue weighted by molar-refractivity contribution is -0.116. The van der Waals surface area contributed by atoms with E-state index in [-0.39, 0.29) is 58.4 Å². The summed E-state index contributed by atoms with van der Waals surface area (Å²) in [6, 6.07) is 5.98. The number of aromatic amines is 1. The first kappa shape index (κ1) is 31.9. The molecule has 1 amide bonds. The van der Waals surface area contributed by atoms with Crippen LogP contribution < -0.4 is 20.5 Å². The van der Waals surface area contributed by atoms with Gasteiger partial charge in [0.25, 0.3) is 6.43 Å². The number of aryl methyl sites for hydroxylation is 1. The topological polar surface area (TPSA) is 137 Å². The molecule has 0 bridgehead atoms. The molecule has 4 aromatic rings. The molecule has 0 saturated carbocycles. The first-order valence-electron chi connectivity index (χ1n) is 13.2. The molecule has 10 nitrogen and oxygen atoms in total. The van der Waals surface area contributed by atoms with E-state index in [1.54, 1.807) is 6.92 Å². The van der Waals surface area contributed by atoms with E-state index in [0.717, 1.165) is 6.08 Å². The summed E-state index contributed by atoms with van der Waals surface area (Å²) in [4.78, 5) is 32.9. The van der Waals surface area contributed by atoms with Crippen LogP contribution in [0.15, 0.2) is 73.6 Å². The van der Waals surface area contributed by atoms with Crippen LogP contribution in [0.2, 0.25) is 0 Å². The summed E-state index contributed by atoms with van der Waals surface area (Å²) in [6.07, 6.45) is 2.68. The van der Waals surface area contributed by atoms with E-state index in [4.69, 9.17) is 26.8 Å². The number of fused-ring (bicyclic) bond motifs is 1. The number of anilines is 2. The molecular formula is C30H28ClF3N6O4. The van der Waals surface area contributed by atoms with Gasteiger partial charge in [-0.3, -0.25) is 9.59 Å². The Morgan fingerprint density at radius 3 is 2.64 bits per heavy atom. The van der Waals surface area contributed by atoms with Crippen molar-refractivity contribution in [3.63, 3.8) is 0 Å². The monoisotopic (exact) mass is 628 g/mol. The molecule has 14 heteroatoms. The van der Waals surface area contributed by atoms with E-state index in [2.05, 4.69) is 33.5 Å². The average Bonchev–Trinajstić information content (AvgIpc) is 3.59. The lowest BCUT2D eigenvalue weighted by atomic mass is 10.1. The lowest BCUT2D eigenvalue weighted by Crippen LogP contribution is -2.14. The molecule has 44 heavy (non-hydrogen) atoms. The number of amides is 1. The van der Waals surface area contributed by atoms with E-state index in [1.165, 1.54) is 47.4 Å². The van der Waals surface area contributed by atoms with Gasteiger partial charge in [0.2, 0.25) is 17.6 Å². The van der Waals surface area contributed by atoms with Crippen molar-refractivity contribution in [2.24, 2.45) is 0 Å². The number of nitrogen functional groups attached to an aromatic ring is 1. The Bertz CT molecular complexity index is 1760. The van der Waals surface area contributed by atoms with Crippen LogP contribution in [-0.4, -0.2) is 50.4 Å². The van der Waals surface area contributed by atoms with Crippen molar-refractivity contribution < 1.29 is 32.2 Å². The molecular weight excluding hydrogens is 601 g/mol. The van der Waals surface area contributed by atoms with Crippen molar-refractivity contribution in [1.29, 1.82) is 0 Å². The zero-order valence-corrected chi connectivity index (χ0v) is 24.3. The predicted molar refractivity (Wildman–Crippen MR) is 161 cm³/mol. The van der Waals surface area contributed by atoms with E-state index < -0.39 is 24.6 Å². The molecule has 0 aliphatic carbocycles. The Labute approximate surface area is 255 Å². The van der Waals surface area contributed by atoms with Gasteiger partial charge in [0.05, 0.1) is 35.0 Å². The maximum absolute atomic E-state index is 13.9. The van der Waals surface area contributed by atoms with E-state index in [1.807, 2.05) is 0 Å². The quantitative estimate of drug-likeness (QED) is 0.0636. The molecule has 3 aromatic heterocycles. The van der Waals surface area contributed by atoms with Gasteiger partial charge in [-0.15, -0.1) is 11.6 Å². The Morgan fingerprint density at radius 1 is 1.20 bits per heavy atom. The van der Waals surface area contributed by atoms with Crippen LogP contribution in [0.1, 0.15) is 34.5 Å². The number of hydrogen-bond donors (Lipinski definition) is 3. The number of nitrogens with one attached hydrogen (secondary N) is 2. The average molecular weight is 629 g/mol. The number of rotatable bonds is 14. The third kappa shape index (κ3) is 7.11. The van der Waals surface area contributed by atoms with E-state index >= 15 is 0 Å². The molecule has 4 rings (SSSR count). The molecule has 4 N–H and O–H groups in total. The lowest BCUT2D eigenvalue weighted by Gasteiger charge is -2.13. The fraction of sp³-hybridized carbons (Fsp3) is 0.200. The van der Waals surface area contributed by atoms with Crippen molar-refractivity contribution in [2.45, 2.75) is 26.2 Å². The maximum atomic E-state index is 13.9. The van der Waals surface area contributed by atoms with Gasteiger partial charge in [-0.2, -0.15) is 5.10 Å². The second kappa shape index (κ2) is 14.0. The second-order valence-electron chi connectivity index (χ2n) is 9.38. The summed E-state index contributed by atoms with van der Waals surface area (Å²) in [5.41, 5.74) is 8.16. The van der Waals surface area contributed by atoms with Crippen LogP contribution in [0.4, 0.5) is 24.7 Å². The van der Waals surface area contributed by atoms with Gasteiger partial charge in [-0.25, -0.2) is 22.8 Å². The summed E-state index contributed by atoms with van der Waals surface area (Å²) in [5, 5.41) is 7.36. The molecule has 1 aromatic carbocycles. The molecule has 0 aliphatic heterocycles. The summed E-state index contributed by atoms with van der Waals surface area (Å²) in [5.74, 6) is -1.34. The first-order valence-corrected chi connectivity index (χ1v) is 13.7. The number of nitrogens with zero attached hydrogens (tertiary/aromatic N) is 3. The highest BCUT2D eigenvalue weighted by atomic mass is 35.5. The highest BCUT2D eigenvalue weighted by Gasteiger charge is 2.22. The Kier molecular flexibility index (Phi) is 10.1. The van der Waals surface area contributed by atoms with Gasteiger partial charge in [-0.05, 0) is 49.3 Å².